The van der Waals surface area contributed by atoms with E-state index in [1.165, 1.54) is 13.2 Å². The third-order valence-electron chi connectivity index (χ3n) is 8.07. The van der Waals surface area contributed by atoms with E-state index in [2.05, 4.69) is 30.0 Å². The zero-order valence-corrected chi connectivity index (χ0v) is 20.7. The van der Waals surface area contributed by atoms with E-state index >= 15 is 0 Å². The smallest absolute Gasteiger partial charge is 0.274 e. The normalized spacial score (nSPS) is 21.9. The number of nitrogens with one attached hydrogen (secondary N) is 2. The average molecular weight is 508 g/mol. The van der Waals surface area contributed by atoms with Gasteiger partial charge in [-0.3, -0.25) is 14.7 Å². The largest absolute Gasteiger partial charge is 0.481 e. The summed E-state index contributed by atoms with van der Waals surface area (Å²) < 4.78 is 21.6. The van der Waals surface area contributed by atoms with Gasteiger partial charge in [-0.2, -0.15) is 5.10 Å². The van der Waals surface area contributed by atoms with Crippen molar-refractivity contribution >= 4 is 11.8 Å². The number of nitrogens with zero attached hydrogens (tertiary/aromatic N) is 5. The number of amides is 2. The molecule has 1 saturated heterocycles. The molecule has 0 unspecified atom stereocenters. The van der Waals surface area contributed by atoms with Crippen LogP contribution in [0.5, 0.6) is 5.88 Å². The summed E-state index contributed by atoms with van der Waals surface area (Å²) in [6.07, 6.45) is 9.90. The third kappa shape index (κ3) is 4.47. The number of halogens is 1. The number of methoxy groups -OCH3 is 1. The number of carbonyl (C=O) groups is 2. The van der Waals surface area contributed by atoms with E-state index in [0.29, 0.717) is 37.5 Å². The maximum absolute atomic E-state index is 14.3. The standard InChI is InChI=1S/C26H30FN7O3/c1-37-23-10-18(19(27)14-29-23)20-11-21(32-31-20)25(36)34-8-4-17(12-26(34)5-6-26)24(35)30-13-16-2-3-22-28-7-9-33(22)15-16/h7,9-11,14,16-17H,2-6,8,12-13,15H2,1H3,(H,30,35)(H,31,32)/t16-,17-/m0/s1. The molecule has 3 aromatic rings. The van der Waals surface area contributed by atoms with Crippen molar-refractivity contribution in [2.75, 3.05) is 20.2 Å². The summed E-state index contributed by atoms with van der Waals surface area (Å²) in [5.74, 6) is 1.04. The average Bonchev–Trinajstić information content (AvgIpc) is 3.31. The number of aromatic nitrogens is 5. The lowest BCUT2D eigenvalue weighted by molar-refractivity contribution is -0.127. The molecule has 2 fully saturated rings. The van der Waals surface area contributed by atoms with Crippen molar-refractivity contribution in [2.45, 2.75) is 50.6 Å². The number of rotatable bonds is 6. The molecule has 6 rings (SSSR count). The summed E-state index contributed by atoms with van der Waals surface area (Å²) >= 11 is 0. The Hall–Kier alpha value is -3.76. The molecule has 194 valence electrons. The van der Waals surface area contributed by atoms with Crippen molar-refractivity contribution in [3.8, 4) is 17.1 Å². The summed E-state index contributed by atoms with van der Waals surface area (Å²) in [4.78, 5) is 36.5. The highest BCUT2D eigenvalue weighted by Crippen LogP contribution is 2.50. The first-order valence-electron chi connectivity index (χ1n) is 12.8. The van der Waals surface area contributed by atoms with Crippen LogP contribution in [0.1, 0.15) is 48.4 Å². The van der Waals surface area contributed by atoms with Crippen LogP contribution in [-0.2, 0) is 17.8 Å². The fourth-order valence-electron chi connectivity index (χ4n) is 5.79. The Kier molecular flexibility index (Phi) is 5.92. The number of carbonyl (C=O) groups excluding carboxylic acids is 2. The Morgan fingerprint density at radius 2 is 2.14 bits per heavy atom. The number of hydrogen-bond acceptors (Lipinski definition) is 6. The Bertz CT molecular complexity index is 1330. The number of H-pyrrole nitrogens is 1. The quantitative estimate of drug-likeness (QED) is 0.530. The predicted molar refractivity (Wildman–Crippen MR) is 131 cm³/mol. The van der Waals surface area contributed by atoms with Crippen LogP contribution in [-0.4, -0.2) is 67.2 Å². The Labute approximate surface area is 213 Å². The third-order valence-corrected chi connectivity index (χ3v) is 8.07. The SMILES string of the molecule is COc1cc(-c2cc(C(=O)N3CC[C@H](C(=O)NC[C@@H]4CCc5nccn5C4)CC34CC4)n[nH]2)c(F)cn1. The van der Waals surface area contributed by atoms with E-state index in [1.54, 1.807) is 6.07 Å². The lowest BCUT2D eigenvalue weighted by atomic mass is 9.87. The highest BCUT2D eigenvalue weighted by atomic mass is 19.1. The van der Waals surface area contributed by atoms with E-state index in [0.717, 1.165) is 44.2 Å². The molecule has 1 spiro atoms. The molecule has 37 heavy (non-hydrogen) atoms. The van der Waals surface area contributed by atoms with Gasteiger partial charge in [-0.05, 0) is 44.1 Å². The molecular weight excluding hydrogens is 477 g/mol. The van der Waals surface area contributed by atoms with E-state index < -0.39 is 5.82 Å². The summed E-state index contributed by atoms with van der Waals surface area (Å²) in [5, 5.41) is 10.1. The van der Waals surface area contributed by atoms with Crippen LogP contribution in [0.15, 0.2) is 30.7 Å². The molecule has 0 radical (unpaired) electrons. The number of pyridine rings is 1. The van der Waals surface area contributed by atoms with Gasteiger partial charge in [0.15, 0.2) is 11.5 Å². The van der Waals surface area contributed by atoms with Crippen LogP contribution in [0.2, 0.25) is 0 Å². The van der Waals surface area contributed by atoms with Crippen LogP contribution < -0.4 is 10.1 Å². The van der Waals surface area contributed by atoms with Crippen molar-refractivity contribution < 1.29 is 18.7 Å². The zero-order chi connectivity index (χ0) is 25.6. The van der Waals surface area contributed by atoms with Gasteiger partial charge in [0.1, 0.15) is 5.82 Å². The number of fused-ring (bicyclic) bond motifs is 1. The minimum Gasteiger partial charge on any atom is -0.481 e. The molecular formula is C26H30FN7O3. The molecule has 5 heterocycles. The lowest BCUT2D eigenvalue weighted by Crippen LogP contribution is -2.51. The maximum Gasteiger partial charge on any atom is 0.274 e. The molecule has 3 aromatic heterocycles. The molecule has 11 heteroatoms. The molecule has 1 saturated carbocycles. The van der Waals surface area contributed by atoms with Gasteiger partial charge in [-0.25, -0.2) is 14.4 Å². The molecule has 2 aliphatic heterocycles. The number of hydrogen-bond donors (Lipinski definition) is 2. The Morgan fingerprint density at radius 3 is 2.95 bits per heavy atom. The van der Waals surface area contributed by atoms with Crippen LogP contribution in [0, 0.1) is 17.7 Å². The molecule has 0 aromatic carbocycles. The van der Waals surface area contributed by atoms with Gasteiger partial charge in [0.05, 0.1) is 19.0 Å². The summed E-state index contributed by atoms with van der Waals surface area (Å²) in [6, 6.07) is 3.02. The fraction of sp³-hybridized carbons (Fsp3) is 0.500. The highest BCUT2D eigenvalue weighted by Gasteiger charge is 2.54. The minimum atomic E-state index is -0.535. The number of ether oxygens (including phenoxy) is 1. The van der Waals surface area contributed by atoms with Crippen LogP contribution in [0.25, 0.3) is 11.3 Å². The molecule has 2 atom stereocenters. The van der Waals surface area contributed by atoms with Crippen LogP contribution in [0.4, 0.5) is 4.39 Å². The first-order valence-corrected chi connectivity index (χ1v) is 12.8. The fourth-order valence-corrected chi connectivity index (χ4v) is 5.79. The van der Waals surface area contributed by atoms with E-state index in [4.69, 9.17) is 4.74 Å². The van der Waals surface area contributed by atoms with E-state index in [-0.39, 0.29) is 40.4 Å². The number of piperidine rings is 1. The maximum atomic E-state index is 14.3. The summed E-state index contributed by atoms with van der Waals surface area (Å²) in [5.41, 5.74) is 0.553. The van der Waals surface area contributed by atoms with Gasteiger partial charge in [0, 0.05) is 61.5 Å². The van der Waals surface area contributed by atoms with Gasteiger partial charge in [-0.15, -0.1) is 0 Å². The number of aryl methyl sites for hydroxylation is 1. The first-order chi connectivity index (χ1) is 18.0. The highest BCUT2D eigenvalue weighted by molar-refractivity contribution is 5.94. The van der Waals surface area contributed by atoms with Crippen LogP contribution in [0.3, 0.4) is 0 Å². The van der Waals surface area contributed by atoms with E-state index in [1.807, 2.05) is 17.3 Å². The molecule has 3 aliphatic rings. The van der Waals surface area contributed by atoms with Gasteiger partial charge in [-0.1, -0.05) is 0 Å². The number of imidazole rings is 1. The predicted octanol–water partition coefficient (Wildman–Crippen LogP) is 2.58. The first kappa shape index (κ1) is 23.6. The number of likely N-dealkylation sites (tertiary alicyclic amines) is 1. The van der Waals surface area contributed by atoms with Crippen molar-refractivity contribution in [1.82, 2.24) is 34.9 Å². The van der Waals surface area contributed by atoms with Crippen molar-refractivity contribution in [1.29, 1.82) is 0 Å². The molecule has 1 aliphatic carbocycles. The Balaban J connectivity index is 1.08. The van der Waals surface area contributed by atoms with E-state index in [9.17, 15) is 14.0 Å². The minimum absolute atomic E-state index is 0.0824. The Morgan fingerprint density at radius 1 is 1.27 bits per heavy atom. The lowest BCUT2D eigenvalue weighted by Gasteiger charge is -2.39. The second-order valence-electron chi connectivity index (χ2n) is 10.4. The zero-order valence-electron chi connectivity index (χ0n) is 20.7. The van der Waals surface area contributed by atoms with Crippen molar-refractivity contribution in [3.63, 3.8) is 0 Å². The molecule has 2 amide bonds. The van der Waals surface area contributed by atoms with Gasteiger partial charge < -0.3 is 19.5 Å². The molecule has 2 N–H and O–H groups in total. The molecule has 0 bridgehead atoms. The summed E-state index contributed by atoms with van der Waals surface area (Å²) in [7, 11) is 1.46. The van der Waals surface area contributed by atoms with Gasteiger partial charge >= 0.3 is 0 Å². The number of aromatic amines is 1. The van der Waals surface area contributed by atoms with Crippen molar-refractivity contribution in [3.05, 3.63) is 48.1 Å². The van der Waals surface area contributed by atoms with Gasteiger partial charge in [0.2, 0.25) is 11.8 Å². The van der Waals surface area contributed by atoms with Crippen LogP contribution >= 0.6 is 0 Å². The van der Waals surface area contributed by atoms with Gasteiger partial charge in [0.25, 0.3) is 5.91 Å². The monoisotopic (exact) mass is 507 g/mol. The second kappa shape index (κ2) is 9.28. The summed E-state index contributed by atoms with van der Waals surface area (Å²) in [6.45, 7) is 2.04. The second-order valence-corrected chi connectivity index (χ2v) is 10.4. The van der Waals surface area contributed by atoms with Crippen molar-refractivity contribution in [2.24, 2.45) is 11.8 Å². The topological polar surface area (TPSA) is 118 Å². The molecule has 10 nitrogen and oxygen atoms in total.